The van der Waals surface area contributed by atoms with Gasteiger partial charge in [0.1, 0.15) is 0 Å². The highest BCUT2D eigenvalue weighted by Crippen LogP contribution is 2.40. The number of halogens is 2. The van der Waals surface area contributed by atoms with Crippen LogP contribution in [0.15, 0.2) is 45.8 Å². The summed E-state index contributed by atoms with van der Waals surface area (Å²) >= 11 is 16.1. The van der Waals surface area contributed by atoms with Crippen molar-refractivity contribution in [1.29, 1.82) is 0 Å². The van der Waals surface area contributed by atoms with E-state index in [0.717, 1.165) is 10.0 Å². The lowest BCUT2D eigenvalue weighted by Crippen LogP contribution is -2.27. The molecule has 1 amide bonds. The first-order chi connectivity index (χ1) is 12.9. The van der Waals surface area contributed by atoms with Gasteiger partial charge in [0.15, 0.2) is 15.8 Å². The summed E-state index contributed by atoms with van der Waals surface area (Å²) in [5, 5.41) is 0.603. The summed E-state index contributed by atoms with van der Waals surface area (Å²) in [6.07, 6.45) is 1.79. The topological polar surface area (TPSA) is 38.8 Å². The molecule has 27 heavy (non-hydrogen) atoms. The largest absolute Gasteiger partial charge is 0.492 e. The highest BCUT2D eigenvalue weighted by Gasteiger charge is 2.33. The molecule has 0 spiro atoms. The van der Waals surface area contributed by atoms with E-state index in [1.54, 1.807) is 37.5 Å². The number of thioether (sulfide) groups is 1. The molecule has 1 aliphatic rings. The van der Waals surface area contributed by atoms with Crippen molar-refractivity contribution < 1.29 is 14.3 Å². The standard InChI is InChI=1S/C19H15BrClNO3S2/c1-3-25-15-9-11(8-14(20)17(15)24-2)10-16-18(23)22(19(26)27-16)13-6-4-12(21)5-7-13/h4-10H,3H2,1-2H3/b16-10-. The van der Waals surface area contributed by atoms with Crippen molar-refractivity contribution in [3.8, 4) is 11.5 Å². The van der Waals surface area contributed by atoms with E-state index >= 15 is 0 Å². The maximum Gasteiger partial charge on any atom is 0.270 e. The predicted octanol–water partition coefficient (Wildman–Crippen LogP) is 5.92. The fourth-order valence-corrected chi connectivity index (χ4v) is 4.61. The Kier molecular flexibility index (Phi) is 6.47. The number of carbonyl (C=O) groups excluding carboxylic acids is 1. The molecule has 0 aromatic heterocycles. The number of hydrogen-bond donors (Lipinski definition) is 0. The molecule has 2 aromatic rings. The molecule has 0 N–H and O–H groups in total. The minimum atomic E-state index is -0.169. The minimum absolute atomic E-state index is 0.169. The molecule has 1 fully saturated rings. The molecule has 8 heteroatoms. The van der Waals surface area contributed by atoms with Crippen molar-refractivity contribution in [3.63, 3.8) is 0 Å². The highest BCUT2D eigenvalue weighted by atomic mass is 79.9. The molecule has 1 heterocycles. The molecule has 0 unspecified atom stereocenters. The molecule has 3 rings (SSSR count). The van der Waals surface area contributed by atoms with E-state index in [1.807, 2.05) is 19.1 Å². The van der Waals surface area contributed by atoms with Crippen LogP contribution in [0.2, 0.25) is 5.02 Å². The number of benzene rings is 2. The first-order valence-electron chi connectivity index (χ1n) is 7.98. The Labute approximate surface area is 180 Å². The van der Waals surface area contributed by atoms with Gasteiger partial charge in [-0.1, -0.05) is 35.6 Å². The maximum absolute atomic E-state index is 12.9. The monoisotopic (exact) mass is 483 g/mol. The predicted molar refractivity (Wildman–Crippen MR) is 119 cm³/mol. The summed E-state index contributed by atoms with van der Waals surface area (Å²) in [5.41, 5.74) is 1.50. The smallest absolute Gasteiger partial charge is 0.270 e. The number of hydrogen-bond acceptors (Lipinski definition) is 5. The van der Waals surface area contributed by atoms with Crippen LogP contribution in [0, 0.1) is 0 Å². The van der Waals surface area contributed by atoms with Gasteiger partial charge in [-0.3, -0.25) is 9.69 Å². The Bertz CT molecular complexity index is 931. The van der Waals surface area contributed by atoms with E-state index in [-0.39, 0.29) is 5.91 Å². The lowest BCUT2D eigenvalue weighted by molar-refractivity contribution is -0.113. The summed E-state index contributed by atoms with van der Waals surface area (Å²) in [6.45, 7) is 2.40. The summed E-state index contributed by atoms with van der Waals surface area (Å²) in [7, 11) is 1.58. The van der Waals surface area contributed by atoms with Crippen LogP contribution in [0.5, 0.6) is 11.5 Å². The number of rotatable bonds is 5. The second kappa shape index (κ2) is 8.65. The van der Waals surface area contributed by atoms with Gasteiger partial charge in [0.25, 0.3) is 5.91 Å². The number of carbonyl (C=O) groups is 1. The summed E-state index contributed by atoms with van der Waals surface area (Å²) in [5.74, 6) is 1.05. The zero-order valence-corrected chi connectivity index (χ0v) is 18.5. The zero-order chi connectivity index (χ0) is 19.6. The van der Waals surface area contributed by atoms with E-state index in [1.165, 1.54) is 16.7 Å². The van der Waals surface area contributed by atoms with Crippen molar-refractivity contribution in [2.45, 2.75) is 6.92 Å². The molecule has 4 nitrogen and oxygen atoms in total. The summed E-state index contributed by atoms with van der Waals surface area (Å²) in [4.78, 5) is 14.9. The van der Waals surface area contributed by atoms with Crippen LogP contribution in [0.25, 0.3) is 6.08 Å². The average Bonchev–Trinajstić information content (AvgIpc) is 2.90. The van der Waals surface area contributed by atoms with Crippen molar-refractivity contribution in [2.75, 3.05) is 18.6 Å². The fraction of sp³-hybridized carbons (Fsp3) is 0.158. The molecule has 0 radical (unpaired) electrons. The maximum atomic E-state index is 12.9. The Balaban J connectivity index is 1.95. The molecule has 0 aliphatic carbocycles. The van der Waals surface area contributed by atoms with Crippen LogP contribution < -0.4 is 14.4 Å². The van der Waals surface area contributed by atoms with Crippen molar-refractivity contribution >= 4 is 73.5 Å². The number of amides is 1. The van der Waals surface area contributed by atoms with E-state index < -0.39 is 0 Å². The molecule has 0 bridgehead atoms. The summed E-state index contributed by atoms with van der Waals surface area (Å²) in [6, 6.07) is 10.7. The molecule has 0 saturated carbocycles. The van der Waals surface area contributed by atoms with Gasteiger partial charge in [-0.25, -0.2) is 0 Å². The molecule has 2 aromatic carbocycles. The molecule has 0 atom stereocenters. The summed E-state index contributed by atoms with van der Waals surface area (Å²) < 4.78 is 12.2. The first-order valence-corrected chi connectivity index (χ1v) is 10.4. The Hall–Kier alpha value is -1.54. The lowest BCUT2D eigenvalue weighted by Gasteiger charge is -2.14. The molecule has 1 saturated heterocycles. The van der Waals surface area contributed by atoms with Crippen LogP contribution in [-0.2, 0) is 4.79 Å². The van der Waals surface area contributed by atoms with Gasteiger partial charge in [-0.2, -0.15) is 0 Å². The number of methoxy groups -OCH3 is 1. The van der Waals surface area contributed by atoms with Crippen molar-refractivity contribution in [3.05, 3.63) is 56.4 Å². The lowest BCUT2D eigenvalue weighted by atomic mass is 10.1. The minimum Gasteiger partial charge on any atom is -0.492 e. The van der Waals surface area contributed by atoms with Gasteiger partial charge in [0.05, 0.1) is 28.8 Å². The first kappa shape index (κ1) is 20.2. The van der Waals surface area contributed by atoms with Crippen LogP contribution in [0.4, 0.5) is 5.69 Å². The third kappa shape index (κ3) is 4.32. The average molecular weight is 485 g/mol. The number of ether oxygens (including phenoxy) is 2. The Morgan fingerprint density at radius 3 is 2.63 bits per heavy atom. The normalized spacial score (nSPS) is 15.6. The van der Waals surface area contributed by atoms with Crippen LogP contribution in [0.3, 0.4) is 0 Å². The van der Waals surface area contributed by atoms with Crippen LogP contribution in [-0.4, -0.2) is 23.9 Å². The SMILES string of the molecule is CCOc1cc(/C=C2\SC(=S)N(c3ccc(Cl)cc3)C2=O)cc(Br)c1OC. The van der Waals surface area contributed by atoms with Crippen LogP contribution in [0.1, 0.15) is 12.5 Å². The molecule has 1 aliphatic heterocycles. The zero-order valence-electron chi connectivity index (χ0n) is 14.5. The van der Waals surface area contributed by atoms with Crippen molar-refractivity contribution in [1.82, 2.24) is 0 Å². The highest BCUT2D eigenvalue weighted by molar-refractivity contribution is 9.10. The van der Waals surface area contributed by atoms with Gasteiger partial charge >= 0.3 is 0 Å². The number of nitrogens with zero attached hydrogens (tertiary/aromatic N) is 1. The second-order valence-corrected chi connectivity index (χ2v) is 8.43. The Morgan fingerprint density at radius 1 is 1.30 bits per heavy atom. The van der Waals surface area contributed by atoms with E-state index in [4.69, 9.17) is 33.3 Å². The van der Waals surface area contributed by atoms with Gasteiger partial charge in [0.2, 0.25) is 0 Å². The molecule has 140 valence electrons. The Morgan fingerprint density at radius 2 is 2.00 bits per heavy atom. The van der Waals surface area contributed by atoms with Crippen molar-refractivity contribution in [2.24, 2.45) is 0 Å². The van der Waals surface area contributed by atoms with Crippen LogP contribution >= 0.6 is 51.5 Å². The molecular weight excluding hydrogens is 470 g/mol. The number of thiocarbonyl (C=S) groups is 1. The van der Waals surface area contributed by atoms with E-state index in [9.17, 15) is 4.79 Å². The number of anilines is 1. The van der Waals surface area contributed by atoms with E-state index in [0.29, 0.717) is 38.0 Å². The van der Waals surface area contributed by atoms with E-state index in [2.05, 4.69) is 15.9 Å². The third-order valence-corrected chi connectivity index (χ3v) is 5.86. The van der Waals surface area contributed by atoms with Gasteiger partial charge in [0, 0.05) is 5.02 Å². The van der Waals surface area contributed by atoms with Gasteiger partial charge in [-0.05, 0) is 70.9 Å². The second-order valence-electron chi connectivity index (χ2n) is 5.46. The third-order valence-electron chi connectivity index (χ3n) is 3.71. The molecular formula is C19H15BrClNO3S2. The van der Waals surface area contributed by atoms with Gasteiger partial charge < -0.3 is 9.47 Å². The van der Waals surface area contributed by atoms with Gasteiger partial charge in [-0.15, -0.1) is 0 Å². The quantitative estimate of drug-likeness (QED) is 0.389. The fourth-order valence-electron chi connectivity index (χ4n) is 2.56.